The van der Waals surface area contributed by atoms with Crippen LogP contribution in [0.1, 0.15) is 6.92 Å². The maximum absolute atomic E-state index is 8.79. The lowest BCUT2D eigenvalue weighted by molar-refractivity contribution is 0.174. The van der Waals surface area contributed by atoms with Crippen LogP contribution >= 0.6 is 11.6 Å². The molecule has 0 aliphatic heterocycles. The Morgan fingerprint density at radius 1 is 1.57 bits per heavy atom. The number of hydrogen-bond acceptors (Lipinski definition) is 3. The topological polar surface area (TPSA) is 55.5 Å². The smallest absolute Gasteiger partial charge is 0.120 e. The average Bonchev–Trinajstić information content (AvgIpc) is 2.19. The van der Waals surface area contributed by atoms with Gasteiger partial charge in [0.25, 0.3) is 0 Å². The molecule has 0 radical (unpaired) electrons. The maximum Gasteiger partial charge on any atom is 0.120 e. The van der Waals surface area contributed by atoms with Crippen LogP contribution in [0.5, 0.6) is 5.75 Å². The van der Waals surface area contributed by atoms with E-state index in [9.17, 15) is 0 Å². The van der Waals surface area contributed by atoms with Crippen LogP contribution in [0.4, 0.5) is 5.69 Å². The van der Waals surface area contributed by atoms with Crippen molar-refractivity contribution in [2.24, 2.45) is 5.92 Å². The van der Waals surface area contributed by atoms with Gasteiger partial charge < -0.3 is 15.6 Å². The lowest BCUT2D eigenvalue weighted by Crippen LogP contribution is -2.12. The van der Waals surface area contributed by atoms with E-state index in [0.29, 0.717) is 23.1 Å². The minimum Gasteiger partial charge on any atom is -0.493 e. The van der Waals surface area contributed by atoms with Gasteiger partial charge in [-0.05, 0) is 12.1 Å². The summed E-state index contributed by atoms with van der Waals surface area (Å²) in [5, 5.41) is 9.27. The molecule has 1 aromatic rings. The van der Waals surface area contributed by atoms with E-state index >= 15 is 0 Å². The van der Waals surface area contributed by atoms with E-state index in [1.807, 2.05) is 6.92 Å². The highest BCUT2D eigenvalue weighted by molar-refractivity contribution is 6.33. The first-order chi connectivity index (χ1) is 6.63. The van der Waals surface area contributed by atoms with Gasteiger partial charge in [-0.3, -0.25) is 0 Å². The molecule has 1 aromatic carbocycles. The molecule has 0 aliphatic rings. The zero-order valence-electron chi connectivity index (χ0n) is 8.03. The summed E-state index contributed by atoms with van der Waals surface area (Å²) in [6, 6.07) is 5.12. The van der Waals surface area contributed by atoms with Crippen molar-refractivity contribution in [3.05, 3.63) is 23.2 Å². The predicted octanol–water partition coefficient (Wildman–Crippen LogP) is 1.93. The molecule has 0 fully saturated rings. The quantitative estimate of drug-likeness (QED) is 0.755. The van der Waals surface area contributed by atoms with Gasteiger partial charge in [-0.25, -0.2) is 0 Å². The predicted molar refractivity (Wildman–Crippen MR) is 57.6 cm³/mol. The van der Waals surface area contributed by atoms with Crippen molar-refractivity contribution >= 4 is 17.3 Å². The van der Waals surface area contributed by atoms with Crippen molar-refractivity contribution in [1.29, 1.82) is 0 Å². The normalized spacial score (nSPS) is 12.5. The summed E-state index contributed by atoms with van der Waals surface area (Å²) in [6.45, 7) is 2.48. The number of aliphatic hydroxyl groups is 1. The van der Waals surface area contributed by atoms with E-state index in [2.05, 4.69) is 0 Å². The summed E-state index contributed by atoms with van der Waals surface area (Å²) in [6.07, 6.45) is 0. The van der Waals surface area contributed by atoms with Crippen LogP contribution in [0.2, 0.25) is 5.02 Å². The zero-order valence-corrected chi connectivity index (χ0v) is 8.79. The summed E-state index contributed by atoms with van der Waals surface area (Å²) < 4.78 is 5.39. The van der Waals surface area contributed by atoms with Crippen molar-refractivity contribution in [2.45, 2.75) is 6.92 Å². The van der Waals surface area contributed by atoms with Gasteiger partial charge in [0.1, 0.15) is 5.75 Å². The Morgan fingerprint density at radius 3 is 2.86 bits per heavy atom. The zero-order chi connectivity index (χ0) is 10.6. The summed E-state index contributed by atoms with van der Waals surface area (Å²) in [5.41, 5.74) is 6.08. The Morgan fingerprint density at radius 2 is 2.29 bits per heavy atom. The highest BCUT2D eigenvalue weighted by Gasteiger charge is 2.03. The molecule has 1 rings (SSSR count). The minimum atomic E-state index is 0.114. The average molecular weight is 216 g/mol. The van der Waals surface area contributed by atoms with E-state index in [-0.39, 0.29) is 12.5 Å². The molecule has 0 aliphatic carbocycles. The maximum atomic E-state index is 8.79. The largest absolute Gasteiger partial charge is 0.493 e. The summed E-state index contributed by atoms with van der Waals surface area (Å²) in [7, 11) is 0. The van der Waals surface area contributed by atoms with Gasteiger partial charge in [0.15, 0.2) is 0 Å². The number of ether oxygens (including phenoxy) is 1. The lowest BCUT2D eigenvalue weighted by atomic mass is 10.2. The van der Waals surface area contributed by atoms with Crippen molar-refractivity contribution in [3.63, 3.8) is 0 Å². The molecule has 3 nitrogen and oxygen atoms in total. The molecule has 78 valence electrons. The van der Waals surface area contributed by atoms with Crippen LogP contribution in [-0.2, 0) is 0 Å². The molecular formula is C10H14ClNO2. The highest BCUT2D eigenvalue weighted by atomic mass is 35.5. The van der Waals surface area contributed by atoms with Crippen molar-refractivity contribution in [2.75, 3.05) is 18.9 Å². The number of nitrogens with two attached hydrogens (primary N) is 1. The van der Waals surface area contributed by atoms with Gasteiger partial charge in [0.05, 0.1) is 17.3 Å². The van der Waals surface area contributed by atoms with Crippen molar-refractivity contribution in [1.82, 2.24) is 0 Å². The van der Waals surface area contributed by atoms with Gasteiger partial charge in [-0.1, -0.05) is 18.5 Å². The molecular weight excluding hydrogens is 202 g/mol. The van der Waals surface area contributed by atoms with Gasteiger partial charge in [0, 0.05) is 18.6 Å². The second-order valence-corrected chi connectivity index (χ2v) is 3.69. The third kappa shape index (κ3) is 3.09. The molecule has 0 amide bonds. The second-order valence-electron chi connectivity index (χ2n) is 3.28. The third-order valence-electron chi connectivity index (χ3n) is 1.82. The Hall–Kier alpha value is -0.930. The fraction of sp³-hybridized carbons (Fsp3) is 0.400. The lowest BCUT2D eigenvalue weighted by Gasteiger charge is -2.10. The Kier molecular flexibility index (Phi) is 4.04. The fourth-order valence-electron chi connectivity index (χ4n) is 0.889. The summed E-state index contributed by atoms with van der Waals surface area (Å²) >= 11 is 5.81. The van der Waals surface area contributed by atoms with Crippen molar-refractivity contribution < 1.29 is 9.84 Å². The monoisotopic (exact) mass is 215 g/mol. The molecule has 0 aromatic heterocycles. The fourth-order valence-corrected chi connectivity index (χ4v) is 1.06. The van der Waals surface area contributed by atoms with E-state index in [1.165, 1.54) is 0 Å². The Bertz CT molecular complexity index is 304. The molecule has 0 saturated heterocycles. The van der Waals surface area contributed by atoms with Crippen LogP contribution in [-0.4, -0.2) is 18.3 Å². The Balaban J connectivity index is 2.55. The molecule has 0 bridgehead atoms. The van der Waals surface area contributed by atoms with Crippen LogP contribution < -0.4 is 10.5 Å². The van der Waals surface area contributed by atoms with E-state index < -0.39 is 0 Å². The van der Waals surface area contributed by atoms with Gasteiger partial charge in [0.2, 0.25) is 0 Å². The molecule has 0 spiro atoms. The molecule has 0 saturated carbocycles. The number of rotatable bonds is 4. The number of benzene rings is 1. The molecule has 4 heteroatoms. The molecule has 1 unspecified atom stereocenters. The molecule has 3 N–H and O–H groups in total. The van der Waals surface area contributed by atoms with Gasteiger partial charge >= 0.3 is 0 Å². The number of hydrogen-bond donors (Lipinski definition) is 2. The number of anilines is 1. The van der Waals surface area contributed by atoms with Crippen LogP contribution in [0.3, 0.4) is 0 Å². The summed E-state index contributed by atoms with van der Waals surface area (Å²) in [5.74, 6) is 0.788. The van der Waals surface area contributed by atoms with Crippen LogP contribution in [0.15, 0.2) is 18.2 Å². The third-order valence-corrected chi connectivity index (χ3v) is 2.15. The number of aliphatic hydroxyl groups excluding tert-OH is 1. The SMILES string of the molecule is CC(CO)COc1ccc(N)c(Cl)c1. The van der Waals surface area contributed by atoms with Crippen molar-refractivity contribution in [3.8, 4) is 5.75 Å². The van der Waals surface area contributed by atoms with E-state index in [0.717, 1.165) is 0 Å². The number of halogens is 1. The van der Waals surface area contributed by atoms with E-state index in [4.69, 9.17) is 27.2 Å². The first-order valence-electron chi connectivity index (χ1n) is 4.42. The minimum absolute atomic E-state index is 0.114. The van der Waals surface area contributed by atoms with Gasteiger partial charge in [-0.15, -0.1) is 0 Å². The summed E-state index contributed by atoms with van der Waals surface area (Å²) in [4.78, 5) is 0. The number of nitrogen functional groups attached to an aromatic ring is 1. The molecule has 0 heterocycles. The van der Waals surface area contributed by atoms with E-state index in [1.54, 1.807) is 18.2 Å². The molecule has 1 atom stereocenters. The highest BCUT2D eigenvalue weighted by Crippen LogP contribution is 2.24. The first kappa shape index (κ1) is 11.1. The van der Waals surface area contributed by atoms with Crippen LogP contribution in [0, 0.1) is 5.92 Å². The second kappa shape index (κ2) is 5.08. The first-order valence-corrected chi connectivity index (χ1v) is 4.80. The Labute approximate surface area is 88.4 Å². The standard InChI is InChI=1S/C10H14ClNO2/c1-7(5-13)6-14-8-2-3-10(12)9(11)4-8/h2-4,7,13H,5-6,12H2,1H3. The van der Waals surface area contributed by atoms with Gasteiger partial charge in [-0.2, -0.15) is 0 Å². The van der Waals surface area contributed by atoms with Crippen LogP contribution in [0.25, 0.3) is 0 Å². The molecule has 14 heavy (non-hydrogen) atoms.